The number of hydrogen-bond acceptors (Lipinski definition) is 2. The molecule has 0 fully saturated rings. The number of phenolic OH excluding ortho intramolecular Hbond substituents is 1. The summed E-state index contributed by atoms with van der Waals surface area (Å²) >= 11 is 0. The molecule has 1 heterocycles. The maximum absolute atomic E-state index is 9.56. The fraction of sp³-hybridized carbons (Fsp3) is 0.571. The molecule has 0 amide bonds. The highest BCUT2D eigenvalue weighted by atomic mass is 16.5. The van der Waals surface area contributed by atoms with Crippen molar-refractivity contribution in [3.05, 3.63) is 23.8 Å². The van der Waals surface area contributed by atoms with Crippen molar-refractivity contribution in [1.82, 2.24) is 0 Å². The standard InChI is InChI=1S/C14H20O2/c1-9(2)12-8-14(3,4)16-13-6-5-10(15)7-11(12)13/h5-7,9,12,15H,8H2,1-4H3. The third-order valence-corrected chi connectivity index (χ3v) is 3.30. The van der Waals surface area contributed by atoms with Crippen LogP contribution in [0.4, 0.5) is 0 Å². The molecular weight excluding hydrogens is 200 g/mol. The zero-order valence-corrected chi connectivity index (χ0v) is 10.4. The minimum absolute atomic E-state index is 0.112. The molecule has 1 aliphatic heterocycles. The van der Waals surface area contributed by atoms with Crippen molar-refractivity contribution in [1.29, 1.82) is 0 Å². The molecule has 1 aromatic rings. The summed E-state index contributed by atoms with van der Waals surface area (Å²) in [5, 5.41) is 9.56. The lowest BCUT2D eigenvalue weighted by Gasteiger charge is -2.39. The molecule has 1 unspecified atom stereocenters. The van der Waals surface area contributed by atoms with Gasteiger partial charge in [-0.2, -0.15) is 0 Å². The molecule has 0 aromatic heterocycles. The highest BCUT2D eigenvalue weighted by Gasteiger charge is 2.35. The molecule has 2 heteroatoms. The van der Waals surface area contributed by atoms with Crippen LogP contribution >= 0.6 is 0 Å². The molecule has 1 atom stereocenters. The van der Waals surface area contributed by atoms with Gasteiger partial charge in [-0.15, -0.1) is 0 Å². The first-order chi connectivity index (χ1) is 7.39. The van der Waals surface area contributed by atoms with Crippen LogP contribution in [-0.4, -0.2) is 10.7 Å². The molecule has 0 saturated heterocycles. The predicted molar refractivity (Wildman–Crippen MR) is 65.0 cm³/mol. The predicted octanol–water partition coefficient (Wildman–Crippen LogP) is 3.69. The van der Waals surface area contributed by atoms with E-state index in [2.05, 4.69) is 27.7 Å². The van der Waals surface area contributed by atoms with Gasteiger partial charge in [0.1, 0.15) is 17.1 Å². The first-order valence-electron chi connectivity index (χ1n) is 5.91. The Morgan fingerprint density at radius 2 is 2.06 bits per heavy atom. The third-order valence-electron chi connectivity index (χ3n) is 3.30. The van der Waals surface area contributed by atoms with Gasteiger partial charge in [0, 0.05) is 5.56 Å². The second-order valence-corrected chi connectivity index (χ2v) is 5.64. The van der Waals surface area contributed by atoms with Crippen LogP contribution in [0.5, 0.6) is 11.5 Å². The topological polar surface area (TPSA) is 29.5 Å². The van der Waals surface area contributed by atoms with Crippen LogP contribution in [-0.2, 0) is 0 Å². The van der Waals surface area contributed by atoms with Gasteiger partial charge in [-0.3, -0.25) is 0 Å². The molecule has 0 aliphatic carbocycles. The quantitative estimate of drug-likeness (QED) is 0.782. The number of ether oxygens (including phenoxy) is 1. The van der Waals surface area contributed by atoms with Gasteiger partial charge in [0.25, 0.3) is 0 Å². The van der Waals surface area contributed by atoms with Gasteiger partial charge in [0.15, 0.2) is 0 Å². The van der Waals surface area contributed by atoms with Crippen molar-refractivity contribution in [2.45, 2.75) is 45.6 Å². The first-order valence-corrected chi connectivity index (χ1v) is 5.91. The fourth-order valence-electron chi connectivity index (χ4n) is 2.49. The summed E-state index contributed by atoms with van der Waals surface area (Å²) in [4.78, 5) is 0. The lowest BCUT2D eigenvalue weighted by atomic mass is 9.78. The molecule has 0 saturated carbocycles. The Morgan fingerprint density at radius 3 is 2.69 bits per heavy atom. The molecule has 88 valence electrons. The summed E-state index contributed by atoms with van der Waals surface area (Å²) in [6.45, 7) is 8.69. The number of hydrogen-bond donors (Lipinski definition) is 1. The third kappa shape index (κ3) is 2.01. The van der Waals surface area contributed by atoms with E-state index in [1.165, 1.54) is 0 Å². The normalized spacial score (nSPS) is 22.7. The monoisotopic (exact) mass is 220 g/mol. The Bertz CT molecular complexity index is 394. The second kappa shape index (κ2) is 3.69. The van der Waals surface area contributed by atoms with Gasteiger partial charge in [0.05, 0.1) is 0 Å². The van der Waals surface area contributed by atoms with E-state index in [1.807, 2.05) is 12.1 Å². The van der Waals surface area contributed by atoms with Crippen LogP contribution in [0.25, 0.3) is 0 Å². The van der Waals surface area contributed by atoms with Crippen molar-refractivity contribution >= 4 is 0 Å². The van der Waals surface area contributed by atoms with Gasteiger partial charge in [-0.1, -0.05) is 13.8 Å². The van der Waals surface area contributed by atoms with E-state index in [4.69, 9.17) is 4.74 Å². The van der Waals surface area contributed by atoms with Crippen molar-refractivity contribution in [3.63, 3.8) is 0 Å². The summed E-state index contributed by atoms with van der Waals surface area (Å²) in [7, 11) is 0. The van der Waals surface area contributed by atoms with Crippen molar-refractivity contribution in [3.8, 4) is 11.5 Å². The number of phenols is 1. The van der Waals surface area contributed by atoms with Gasteiger partial charge in [0.2, 0.25) is 0 Å². The lowest BCUT2D eigenvalue weighted by Crippen LogP contribution is -2.36. The fourth-order valence-corrected chi connectivity index (χ4v) is 2.49. The Hall–Kier alpha value is -1.18. The minimum atomic E-state index is -0.112. The van der Waals surface area contributed by atoms with E-state index in [9.17, 15) is 5.11 Å². The molecule has 1 aliphatic rings. The number of rotatable bonds is 1. The SMILES string of the molecule is CC(C)C1CC(C)(C)Oc2ccc(O)cc21. The zero-order chi connectivity index (χ0) is 11.9. The van der Waals surface area contributed by atoms with E-state index in [1.54, 1.807) is 6.07 Å². The van der Waals surface area contributed by atoms with Crippen LogP contribution in [0.1, 0.15) is 45.6 Å². The largest absolute Gasteiger partial charge is 0.508 e. The van der Waals surface area contributed by atoms with Crippen molar-refractivity contribution in [2.75, 3.05) is 0 Å². The number of fused-ring (bicyclic) bond motifs is 1. The van der Waals surface area contributed by atoms with Crippen LogP contribution in [0.15, 0.2) is 18.2 Å². The maximum Gasteiger partial charge on any atom is 0.123 e. The molecule has 0 spiro atoms. The highest BCUT2D eigenvalue weighted by molar-refractivity contribution is 5.44. The van der Waals surface area contributed by atoms with E-state index < -0.39 is 0 Å². The smallest absolute Gasteiger partial charge is 0.123 e. The molecule has 16 heavy (non-hydrogen) atoms. The molecular formula is C14H20O2. The summed E-state index contributed by atoms with van der Waals surface area (Å²) in [6, 6.07) is 5.41. The average Bonchev–Trinajstić information content (AvgIpc) is 2.16. The van der Waals surface area contributed by atoms with Gasteiger partial charge in [-0.05, 0) is 50.3 Å². The summed E-state index contributed by atoms with van der Waals surface area (Å²) in [5.74, 6) is 2.27. The first kappa shape index (κ1) is 11.3. The van der Waals surface area contributed by atoms with Crippen LogP contribution in [0.3, 0.4) is 0 Å². The minimum Gasteiger partial charge on any atom is -0.508 e. The van der Waals surface area contributed by atoms with Crippen LogP contribution < -0.4 is 4.74 Å². The maximum atomic E-state index is 9.56. The highest BCUT2D eigenvalue weighted by Crippen LogP contribution is 2.45. The number of benzene rings is 1. The summed E-state index contributed by atoms with van der Waals surface area (Å²) < 4.78 is 5.94. The van der Waals surface area contributed by atoms with E-state index >= 15 is 0 Å². The van der Waals surface area contributed by atoms with Gasteiger partial charge in [-0.25, -0.2) is 0 Å². The van der Waals surface area contributed by atoms with E-state index in [0.29, 0.717) is 17.6 Å². The summed E-state index contributed by atoms with van der Waals surface area (Å²) in [6.07, 6.45) is 1.00. The molecule has 1 N–H and O–H groups in total. The molecule has 2 nitrogen and oxygen atoms in total. The van der Waals surface area contributed by atoms with E-state index in [0.717, 1.165) is 17.7 Å². The second-order valence-electron chi connectivity index (χ2n) is 5.64. The van der Waals surface area contributed by atoms with Crippen molar-refractivity contribution in [2.24, 2.45) is 5.92 Å². The molecule has 0 bridgehead atoms. The average molecular weight is 220 g/mol. The lowest BCUT2D eigenvalue weighted by molar-refractivity contribution is 0.0638. The number of aromatic hydroxyl groups is 1. The molecule has 0 radical (unpaired) electrons. The Kier molecular flexibility index (Phi) is 2.61. The Labute approximate surface area is 97.3 Å². The van der Waals surface area contributed by atoms with Crippen molar-refractivity contribution < 1.29 is 9.84 Å². The van der Waals surface area contributed by atoms with Gasteiger partial charge < -0.3 is 9.84 Å². The molecule has 2 rings (SSSR count). The molecule has 1 aromatic carbocycles. The Morgan fingerprint density at radius 1 is 1.38 bits per heavy atom. The van der Waals surface area contributed by atoms with E-state index in [-0.39, 0.29) is 5.60 Å². The van der Waals surface area contributed by atoms with Crippen LogP contribution in [0, 0.1) is 5.92 Å². The summed E-state index contributed by atoms with van der Waals surface area (Å²) in [5.41, 5.74) is 1.04. The van der Waals surface area contributed by atoms with Crippen LogP contribution in [0.2, 0.25) is 0 Å². The van der Waals surface area contributed by atoms with Gasteiger partial charge >= 0.3 is 0 Å². The zero-order valence-electron chi connectivity index (χ0n) is 10.4. The Balaban J connectivity index is 2.47.